The first-order valence-electron chi connectivity index (χ1n) is 16.8. The normalized spacial score (nSPS) is 21.7. The number of aliphatic hydroxyl groups is 1. The summed E-state index contributed by atoms with van der Waals surface area (Å²) in [5.74, 6) is -1.21. The van der Waals surface area contributed by atoms with E-state index in [1.54, 1.807) is 4.68 Å². The Bertz CT molecular complexity index is 1750. The number of aromatic nitrogens is 4. The molecule has 3 aromatic rings. The van der Waals surface area contributed by atoms with Gasteiger partial charge in [-0.1, -0.05) is 11.6 Å². The fraction of sp³-hybridized carbons (Fsp3) is 0.576. The summed E-state index contributed by atoms with van der Waals surface area (Å²) in [6.45, 7) is 2.70. The molecule has 3 N–H and O–H groups in total. The second-order valence-corrected chi connectivity index (χ2v) is 13.5. The number of hydrogen-bond acceptors (Lipinski definition) is 10. The Kier molecular flexibility index (Phi) is 10.9. The molecule has 7 rings (SSSR count). The van der Waals surface area contributed by atoms with Crippen molar-refractivity contribution in [3.8, 4) is 6.01 Å². The summed E-state index contributed by atoms with van der Waals surface area (Å²) in [6.07, 6.45) is -2.92. The van der Waals surface area contributed by atoms with Crippen LogP contribution in [0.1, 0.15) is 70.4 Å². The lowest BCUT2D eigenvalue weighted by molar-refractivity contribution is -0.140. The highest BCUT2D eigenvalue weighted by atomic mass is 35.5. The molecule has 0 spiro atoms. The number of amides is 1. The number of benzene rings is 1. The number of aryl methyl sites for hydroxylation is 1. The van der Waals surface area contributed by atoms with Gasteiger partial charge < -0.3 is 30.1 Å². The molecule has 4 aliphatic heterocycles. The van der Waals surface area contributed by atoms with Crippen LogP contribution in [0, 0.1) is 5.82 Å². The predicted octanol–water partition coefficient (Wildman–Crippen LogP) is 4.56. The van der Waals surface area contributed by atoms with E-state index in [4.69, 9.17) is 26.8 Å². The molecule has 0 aliphatic carbocycles. The van der Waals surface area contributed by atoms with E-state index in [0.717, 1.165) is 25.1 Å². The first-order valence-corrected chi connectivity index (χ1v) is 17.1. The third-order valence-corrected chi connectivity index (χ3v) is 10.2. The van der Waals surface area contributed by atoms with Crippen LogP contribution in [0.25, 0.3) is 0 Å². The number of nitrogens with zero attached hydrogens (tertiary/aromatic N) is 7. The summed E-state index contributed by atoms with van der Waals surface area (Å²) in [6, 6.07) is 2.20. The fourth-order valence-electron chi connectivity index (χ4n) is 7.20. The van der Waals surface area contributed by atoms with E-state index in [0.29, 0.717) is 54.9 Å². The molecule has 4 aliphatic rings. The van der Waals surface area contributed by atoms with E-state index in [1.165, 1.54) is 31.9 Å². The lowest BCUT2D eigenvalue weighted by atomic mass is 9.94. The number of alkyl halides is 4. The molecule has 6 heterocycles. The first kappa shape index (κ1) is 37.0. The molecule has 2 fully saturated rings. The van der Waals surface area contributed by atoms with Gasteiger partial charge in [-0.3, -0.25) is 14.4 Å². The number of carbonyl (C=O) groups excluding carboxylic acids is 1. The number of fused-ring (bicyclic) bond motifs is 3. The van der Waals surface area contributed by atoms with Gasteiger partial charge in [0.2, 0.25) is 0 Å². The minimum Gasteiger partial charge on any atom is -0.467 e. The highest BCUT2D eigenvalue weighted by molar-refractivity contribution is 6.34. The molecule has 1 aromatic carbocycles. The minimum atomic E-state index is -4.83. The van der Waals surface area contributed by atoms with Crippen LogP contribution >= 0.6 is 11.6 Å². The number of anilines is 2. The average Bonchev–Trinajstić information content (AvgIpc) is 3.72. The lowest BCUT2D eigenvalue weighted by Crippen LogP contribution is -2.30. The number of carbonyl (C=O) groups is 1. The van der Waals surface area contributed by atoms with Crippen LogP contribution in [0.15, 0.2) is 12.1 Å². The Hall–Kier alpha value is -3.80. The second-order valence-electron chi connectivity index (χ2n) is 13.1. The maximum absolute atomic E-state index is 15.0. The van der Waals surface area contributed by atoms with Crippen molar-refractivity contribution in [1.29, 1.82) is 0 Å². The maximum Gasteiger partial charge on any atom is 0.416 e. The smallest absolute Gasteiger partial charge is 0.416 e. The van der Waals surface area contributed by atoms with Crippen molar-refractivity contribution >= 4 is 29.0 Å². The zero-order chi connectivity index (χ0) is 36.6. The van der Waals surface area contributed by atoms with Crippen molar-refractivity contribution in [2.45, 2.75) is 76.3 Å². The van der Waals surface area contributed by atoms with Gasteiger partial charge in [0.25, 0.3) is 5.91 Å². The van der Waals surface area contributed by atoms with Crippen LogP contribution in [-0.4, -0.2) is 99.7 Å². The molecule has 3 unspecified atom stereocenters. The molecule has 2 saturated heterocycles. The molecule has 3 atom stereocenters. The predicted molar refractivity (Wildman–Crippen MR) is 177 cm³/mol. The maximum atomic E-state index is 15.0. The molecule has 12 nitrogen and oxygen atoms in total. The molecule has 0 bridgehead atoms. The van der Waals surface area contributed by atoms with Gasteiger partial charge in [0.1, 0.15) is 12.0 Å². The number of nitrogen functional groups attached to an aromatic ring is 1. The highest BCUT2D eigenvalue weighted by Gasteiger charge is 2.40. The Labute approximate surface area is 296 Å². The number of rotatable bonds is 6. The molecule has 0 radical (unpaired) electrons. The summed E-state index contributed by atoms with van der Waals surface area (Å²) in [7, 11) is 2.89. The standard InChI is InChI=1S/C26H28ClF4N7O4.C7H12FN/c1-36(8-9-39)24(40)22-20(27)17-11-37(6-3-7-38(17)35-22)23-13-12-42-18(10-16(13)33-25(34-23)41-2)19-14(26(29,30)31)4-5-15(32)21(19)28;8-6-4-7-2-1-3-9(7)5-6/h4-5,18,39H,3,6-12,32H2,1-2H3;6-7H,1-5H2. The van der Waals surface area contributed by atoms with Gasteiger partial charge in [-0.25, -0.2) is 8.78 Å². The Balaban J connectivity index is 0.000000428. The van der Waals surface area contributed by atoms with Gasteiger partial charge in [0.15, 0.2) is 11.5 Å². The number of halogens is 6. The Morgan fingerprint density at radius 3 is 2.71 bits per heavy atom. The number of aliphatic hydroxyl groups excluding tert-OH is 1. The number of nitrogens with two attached hydrogens (primary N) is 1. The third kappa shape index (κ3) is 7.57. The summed E-state index contributed by atoms with van der Waals surface area (Å²) >= 11 is 6.64. The van der Waals surface area contributed by atoms with Gasteiger partial charge in [-0.2, -0.15) is 28.2 Å². The van der Waals surface area contributed by atoms with Gasteiger partial charge >= 0.3 is 12.2 Å². The van der Waals surface area contributed by atoms with Gasteiger partial charge in [0, 0.05) is 56.8 Å². The largest absolute Gasteiger partial charge is 0.467 e. The lowest BCUT2D eigenvalue weighted by Gasteiger charge is -2.31. The SMILES string of the molecule is COc1nc2c(c(N3CCCn4nc(C(=O)N(C)CCO)c(Cl)c4C3)n1)COC(c1c(C(F)(F)F)ccc(N)c1F)C2.FC1CC2CCCN2C1. The van der Waals surface area contributed by atoms with Crippen LogP contribution in [0.2, 0.25) is 5.02 Å². The zero-order valence-corrected chi connectivity index (χ0v) is 29.0. The summed E-state index contributed by atoms with van der Waals surface area (Å²) in [5, 5.41) is 13.8. The molecular formula is C33H40ClF5N8O4. The zero-order valence-electron chi connectivity index (χ0n) is 28.2. The topological polar surface area (TPSA) is 135 Å². The fourth-order valence-corrected chi connectivity index (χ4v) is 7.47. The summed E-state index contributed by atoms with van der Waals surface area (Å²) < 4.78 is 81.8. The van der Waals surface area contributed by atoms with Crippen molar-refractivity contribution in [2.75, 3.05) is 57.6 Å². The van der Waals surface area contributed by atoms with E-state index in [-0.39, 0.29) is 49.5 Å². The summed E-state index contributed by atoms with van der Waals surface area (Å²) in [4.78, 5) is 27.2. The molecule has 18 heteroatoms. The Morgan fingerprint density at radius 2 is 2.00 bits per heavy atom. The number of methoxy groups -OCH3 is 1. The van der Waals surface area contributed by atoms with Crippen molar-refractivity contribution in [3.63, 3.8) is 0 Å². The van der Waals surface area contributed by atoms with Crippen molar-refractivity contribution in [1.82, 2.24) is 29.5 Å². The van der Waals surface area contributed by atoms with E-state index >= 15 is 4.39 Å². The van der Waals surface area contributed by atoms with E-state index in [2.05, 4.69) is 20.0 Å². The van der Waals surface area contributed by atoms with Crippen LogP contribution in [0.4, 0.5) is 33.5 Å². The summed E-state index contributed by atoms with van der Waals surface area (Å²) in [5.41, 5.74) is 4.81. The van der Waals surface area contributed by atoms with Crippen LogP contribution in [-0.2, 0) is 37.0 Å². The van der Waals surface area contributed by atoms with Crippen LogP contribution in [0.3, 0.4) is 0 Å². The van der Waals surface area contributed by atoms with E-state index in [9.17, 15) is 27.5 Å². The third-order valence-electron chi connectivity index (χ3n) is 9.75. The molecule has 1 amide bonds. The van der Waals surface area contributed by atoms with E-state index < -0.39 is 47.0 Å². The molecule has 2 aromatic heterocycles. The average molecular weight is 743 g/mol. The number of hydrogen-bond donors (Lipinski definition) is 2. The van der Waals surface area contributed by atoms with Crippen LogP contribution < -0.4 is 15.4 Å². The first-order chi connectivity index (χ1) is 24.3. The van der Waals surface area contributed by atoms with Crippen molar-refractivity contribution < 1.29 is 41.3 Å². The van der Waals surface area contributed by atoms with Crippen molar-refractivity contribution in [2.24, 2.45) is 0 Å². The highest BCUT2D eigenvalue weighted by Crippen LogP contribution is 2.43. The quantitative estimate of drug-likeness (QED) is 0.274. The molecule has 51 heavy (non-hydrogen) atoms. The van der Waals surface area contributed by atoms with Crippen molar-refractivity contribution in [3.05, 3.63) is 56.7 Å². The second kappa shape index (κ2) is 15.0. The van der Waals surface area contributed by atoms with Gasteiger partial charge in [-0.15, -0.1) is 0 Å². The molecule has 278 valence electrons. The number of ether oxygens (including phenoxy) is 2. The van der Waals surface area contributed by atoms with Crippen LogP contribution in [0.5, 0.6) is 6.01 Å². The van der Waals surface area contributed by atoms with E-state index in [1.807, 2.05) is 4.90 Å². The van der Waals surface area contributed by atoms with Gasteiger partial charge in [-0.05, 0) is 44.4 Å². The minimum absolute atomic E-state index is 0.0289. The molecular weight excluding hydrogens is 703 g/mol. The number of likely N-dealkylation sites (N-methyl/N-ethyl adjacent to an activating group) is 1. The van der Waals surface area contributed by atoms with Gasteiger partial charge in [0.05, 0.1) is 60.6 Å². The molecule has 0 saturated carbocycles. The Morgan fingerprint density at radius 1 is 1.22 bits per heavy atom. The monoisotopic (exact) mass is 742 g/mol.